The van der Waals surface area contributed by atoms with E-state index in [0.717, 1.165) is 19.3 Å². The van der Waals surface area contributed by atoms with Crippen LogP contribution in [0.2, 0.25) is 0 Å². The number of carbonyl (C=O) groups is 1. The third kappa shape index (κ3) is 3.01. The van der Waals surface area contributed by atoms with Crippen molar-refractivity contribution in [1.29, 1.82) is 5.26 Å². The van der Waals surface area contributed by atoms with Gasteiger partial charge in [0, 0.05) is 19.1 Å². The molecule has 1 atom stereocenters. The van der Waals surface area contributed by atoms with Crippen molar-refractivity contribution in [3.8, 4) is 6.07 Å². The molecule has 1 aliphatic carbocycles. The average molecular weight is 265 g/mol. The van der Waals surface area contributed by atoms with E-state index in [-0.39, 0.29) is 17.7 Å². The topological polar surface area (TPSA) is 56.6 Å². The number of hydrogen-bond acceptors (Lipinski definition) is 4. The van der Waals surface area contributed by atoms with Crippen molar-refractivity contribution in [3.05, 3.63) is 0 Å². The van der Waals surface area contributed by atoms with Gasteiger partial charge in [0.05, 0.1) is 6.07 Å². The third-order valence-corrected chi connectivity index (χ3v) is 3.97. The fourth-order valence-electron chi connectivity index (χ4n) is 2.56. The Hall–Kier alpha value is -1.28. The van der Waals surface area contributed by atoms with E-state index in [9.17, 15) is 10.1 Å². The van der Waals surface area contributed by atoms with Crippen LogP contribution in [0.4, 0.5) is 4.79 Å². The summed E-state index contributed by atoms with van der Waals surface area (Å²) >= 11 is 0. The molecule has 5 heteroatoms. The van der Waals surface area contributed by atoms with Crippen molar-refractivity contribution < 1.29 is 9.53 Å². The lowest BCUT2D eigenvalue weighted by atomic mass is 10.1. The average Bonchev–Trinajstić information content (AvgIpc) is 2.95. The Morgan fingerprint density at radius 1 is 1.47 bits per heavy atom. The van der Waals surface area contributed by atoms with E-state index in [0.29, 0.717) is 13.1 Å². The van der Waals surface area contributed by atoms with Gasteiger partial charge in [-0.1, -0.05) is 0 Å². The second kappa shape index (κ2) is 4.68. The molecule has 1 saturated carbocycles. The number of ether oxygens (including phenoxy) is 1. The summed E-state index contributed by atoms with van der Waals surface area (Å²) in [7, 11) is 2.00. The summed E-state index contributed by atoms with van der Waals surface area (Å²) in [6.07, 6.45) is 2.57. The molecule has 0 radical (unpaired) electrons. The minimum absolute atomic E-state index is 0.245. The van der Waals surface area contributed by atoms with Crippen molar-refractivity contribution >= 4 is 6.09 Å². The Labute approximate surface area is 115 Å². The molecule has 1 amide bonds. The quantitative estimate of drug-likeness (QED) is 0.766. The fourth-order valence-corrected chi connectivity index (χ4v) is 2.56. The molecule has 19 heavy (non-hydrogen) atoms. The van der Waals surface area contributed by atoms with Gasteiger partial charge in [0.1, 0.15) is 11.1 Å². The van der Waals surface area contributed by atoms with Crippen LogP contribution in [0, 0.1) is 11.3 Å². The molecule has 106 valence electrons. The maximum Gasteiger partial charge on any atom is 0.410 e. The smallest absolute Gasteiger partial charge is 0.410 e. The molecule has 0 aromatic rings. The van der Waals surface area contributed by atoms with Gasteiger partial charge in [-0.05, 0) is 47.1 Å². The van der Waals surface area contributed by atoms with E-state index >= 15 is 0 Å². The minimum atomic E-state index is -0.453. The van der Waals surface area contributed by atoms with E-state index in [1.807, 2.05) is 27.8 Å². The Bertz CT molecular complexity index is 404. The highest BCUT2D eigenvalue weighted by atomic mass is 16.6. The first-order valence-electron chi connectivity index (χ1n) is 6.89. The number of nitriles is 1. The predicted octanol–water partition coefficient (Wildman–Crippen LogP) is 1.98. The molecule has 1 saturated heterocycles. The first-order valence-corrected chi connectivity index (χ1v) is 6.89. The lowest BCUT2D eigenvalue weighted by molar-refractivity contribution is 0.0279. The van der Waals surface area contributed by atoms with Gasteiger partial charge >= 0.3 is 6.09 Å². The van der Waals surface area contributed by atoms with Gasteiger partial charge < -0.3 is 9.64 Å². The second-order valence-corrected chi connectivity index (χ2v) is 6.62. The van der Waals surface area contributed by atoms with E-state index in [1.165, 1.54) is 0 Å². The highest BCUT2D eigenvalue weighted by molar-refractivity contribution is 5.68. The Kier molecular flexibility index (Phi) is 3.48. The Morgan fingerprint density at radius 3 is 2.58 bits per heavy atom. The van der Waals surface area contributed by atoms with Crippen molar-refractivity contribution in [2.75, 3.05) is 20.1 Å². The van der Waals surface area contributed by atoms with Crippen LogP contribution >= 0.6 is 0 Å². The molecule has 2 aliphatic rings. The SMILES string of the molecule is CN([C@H]1CCN(C(=O)OC(C)(C)C)C1)C1(C#N)CC1. The van der Waals surface area contributed by atoms with Crippen molar-refractivity contribution in [3.63, 3.8) is 0 Å². The van der Waals surface area contributed by atoms with Crippen molar-refractivity contribution in [2.45, 2.75) is 57.2 Å². The van der Waals surface area contributed by atoms with E-state index in [2.05, 4.69) is 11.0 Å². The molecule has 0 aromatic heterocycles. The fraction of sp³-hybridized carbons (Fsp3) is 0.857. The molecule has 2 fully saturated rings. The molecular weight excluding hydrogens is 242 g/mol. The molecule has 0 unspecified atom stereocenters. The third-order valence-electron chi connectivity index (χ3n) is 3.97. The normalized spacial score (nSPS) is 25.3. The van der Waals surface area contributed by atoms with Gasteiger partial charge in [-0.15, -0.1) is 0 Å². The summed E-state index contributed by atoms with van der Waals surface area (Å²) in [5, 5.41) is 9.22. The standard InChI is InChI=1S/C14H23N3O2/c1-13(2,3)19-12(18)17-8-5-11(9-17)16(4)14(10-15)6-7-14/h11H,5-9H2,1-4H3/t11-/m0/s1. The number of likely N-dealkylation sites (tertiary alicyclic amines) is 1. The first kappa shape index (κ1) is 14.1. The van der Waals surface area contributed by atoms with Crippen LogP contribution in [-0.4, -0.2) is 53.2 Å². The number of hydrogen-bond donors (Lipinski definition) is 0. The van der Waals surface area contributed by atoms with Crippen LogP contribution in [0.5, 0.6) is 0 Å². The number of rotatable bonds is 2. The maximum atomic E-state index is 12.0. The molecule has 0 spiro atoms. The zero-order chi connectivity index (χ0) is 14.3. The number of likely N-dealkylation sites (N-methyl/N-ethyl adjacent to an activating group) is 1. The second-order valence-electron chi connectivity index (χ2n) is 6.62. The van der Waals surface area contributed by atoms with Crippen LogP contribution in [-0.2, 0) is 4.74 Å². The van der Waals surface area contributed by atoms with Gasteiger partial charge in [0.25, 0.3) is 0 Å². The zero-order valence-corrected chi connectivity index (χ0v) is 12.3. The molecule has 2 rings (SSSR count). The van der Waals surface area contributed by atoms with Gasteiger partial charge in [-0.25, -0.2) is 4.79 Å². The first-order chi connectivity index (χ1) is 8.77. The lowest BCUT2D eigenvalue weighted by Crippen LogP contribution is -2.44. The highest BCUT2D eigenvalue weighted by Crippen LogP contribution is 2.42. The molecular formula is C14H23N3O2. The van der Waals surface area contributed by atoms with Crippen LogP contribution in [0.25, 0.3) is 0 Å². The van der Waals surface area contributed by atoms with Crippen LogP contribution in [0.3, 0.4) is 0 Å². The number of amides is 1. The lowest BCUT2D eigenvalue weighted by Gasteiger charge is -2.29. The minimum Gasteiger partial charge on any atom is -0.444 e. The summed E-state index contributed by atoms with van der Waals surface area (Å²) < 4.78 is 5.38. The molecule has 5 nitrogen and oxygen atoms in total. The Morgan fingerprint density at radius 2 is 2.11 bits per heavy atom. The summed E-state index contributed by atoms with van der Waals surface area (Å²) in [4.78, 5) is 15.9. The molecule has 1 heterocycles. The van der Waals surface area contributed by atoms with Gasteiger partial charge in [0.15, 0.2) is 0 Å². The van der Waals surface area contributed by atoms with Crippen LogP contribution < -0.4 is 0 Å². The predicted molar refractivity (Wildman–Crippen MR) is 71.6 cm³/mol. The highest BCUT2D eigenvalue weighted by Gasteiger charge is 2.50. The van der Waals surface area contributed by atoms with Gasteiger partial charge in [0.2, 0.25) is 0 Å². The molecule has 0 aromatic carbocycles. The summed E-state index contributed by atoms with van der Waals surface area (Å²) in [5.41, 5.74) is -0.722. The molecule has 1 aliphatic heterocycles. The summed E-state index contributed by atoms with van der Waals surface area (Å²) in [6, 6.07) is 2.68. The van der Waals surface area contributed by atoms with Crippen molar-refractivity contribution in [2.24, 2.45) is 0 Å². The molecule has 0 bridgehead atoms. The Balaban J connectivity index is 1.90. The number of carbonyl (C=O) groups excluding carboxylic acids is 1. The number of nitrogens with zero attached hydrogens (tertiary/aromatic N) is 3. The van der Waals surface area contributed by atoms with E-state index < -0.39 is 5.60 Å². The summed E-state index contributed by atoms with van der Waals surface area (Å²) in [6.45, 7) is 7.00. The van der Waals surface area contributed by atoms with Crippen LogP contribution in [0.15, 0.2) is 0 Å². The monoisotopic (exact) mass is 265 g/mol. The van der Waals surface area contributed by atoms with E-state index in [4.69, 9.17) is 4.74 Å². The van der Waals surface area contributed by atoms with Crippen molar-refractivity contribution in [1.82, 2.24) is 9.80 Å². The largest absolute Gasteiger partial charge is 0.444 e. The maximum absolute atomic E-state index is 12.0. The van der Waals surface area contributed by atoms with Gasteiger partial charge in [-0.3, -0.25) is 4.90 Å². The van der Waals surface area contributed by atoms with Crippen LogP contribution in [0.1, 0.15) is 40.0 Å². The van der Waals surface area contributed by atoms with E-state index in [1.54, 1.807) is 4.90 Å². The van der Waals surface area contributed by atoms with Gasteiger partial charge in [-0.2, -0.15) is 5.26 Å². The zero-order valence-electron chi connectivity index (χ0n) is 12.3. The summed E-state index contributed by atoms with van der Waals surface area (Å²) in [5.74, 6) is 0. The molecule has 0 N–H and O–H groups in total.